The van der Waals surface area contributed by atoms with Gasteiger partial charge in [-0.15, -0.1) is 0 Å². The normalized spacial score (nSPS) is 9.27. The minimum atomic E-state index is 0.548. The molecule has 0 aliphatic rings. The van der Waals surface area contributed by atoms with Gasteiger partial charge in [0.15, 0.2) is 0 Å². The van der Waals surface area contributed by atoms with Gasteiger partial charge in [0.25, 0.3) is 0 Å². The summed E-state index contributed by atoms with van der Waals surface area (Å²) < 4.78 is 0. The quantitative estimate of drug-likeness (QED) is 0.798. The number of rotatable bonds is 2. The molecule has 0 saturated carbocycles. The van der Waals surface area contributed by atoms with E-state index in [1.165, 1.54) is 6.20 Å². The summed E-state index contributed by atoms with van der Waals surface area (Å²) >= 11 is 0. The zero-order valence-electron chi connectivity index (χ0n) is 7.88. The van der Waals surface area contributed by atoms with Crippen LogP contribution in [0.1, 0.15) is 5.56 Å². The molecule has 0 atom stereocenters. The van der Waals surface area contributed by atoms with E-state index >= 15 is 0 Å². The van der Waals surface area contributed by atoms with Gasteiger partial charge in [-0.05, 0) is 24.3 Å². The highest BCUT2D eigenvalue weighted by Gasteiger charge is 1.95. The summed E-state index contributed by atoms with van der Waals surface area (Å²) in [6.45, 7) is 0. The Morgan fingerprint density at radius 3 is 2.73 bits per heavy atom. The number of nitriles is 1. The molecule has 4 heteroatoms. The number of nitrogens with zero attached hydrogens (tertiary/aromatic N) is 3. The van der Waals surface area contributed by atoms with Crippen LogP contribution in [0.3, 0.4) is 0 Å². The average molecular weight is 196 g/mol. The molecule has 0 aliphatic heterocycles. The van der Waals surface area contributed by atoms with E-state index in [0.29, 0.717) is 11.4 Å². The molecule has 0 radical (unpaired) electrons. The zero-order valence-corrected chi connectivity index (χ0v) is 7.88. The fourth-order valence-electron chi connectivity index (χ4n) is 1.12. The summed E-state index contributed by atoms with van der Waals surface area (Å²) in [6, 6.07) is 9.22. The highest BCUT2D eigenvalue weighted by atomic mass is 15.0. The van der Waals surface area contributed by atoms with Crippen LogP contribution >= 0.6 is 0 Å². The molecule has 0 aliphatic carbocycles. The Bertz CT molecular complexity index is 470. The van der Waals surface area contributed by atoms with E-state index in [4.69, 9.17) is 5.26 Å². The molecule has 0 bridgehead atoms. The predicted octanol–water partition coefficient (Wildman–Crippen LogP) is 2.09. The van der Waals surface area contributed by atoms with E-state index in [1.807, 2.05) is 18.2 Å². The maximum atomic E-state index is 8.60. The van der Waals surface area contributed by atoms with Crippen molar-refractivity contribution in [2.75, 3.05) is 5.32 Å². The molecule has 4 nitrogen and oxygen atoms in total. The smallest absolute Gasteiger partial charge is 0.130 e. The predicted molar refractivity (Wildman–Crippen MR) is 56.5 cm³/mol. The molecule has 0 spiro atoms. The highest BCUT2D eigenvalue weighted by molar-refractivity contribution is 5.54. The van der Waals surface area contributed by atoms with Crippen LogP contribution in [0.15, 0.2) is 42.9 Å². The van der Waals surface area contributed by atoms with Crippen molar-refractivity contribution in [3.63, 3.8) is 0 Å². The van der Waals surface area contributed by atoms with Gasteiger partial charge in [0, 0.05) is 12.4 Å². The molecule has 2 aromatic rings. The molecule has 2 rings (SSSR count). The summed E-state index contributed by atoms with van der Waals surface area (Å²) in [5.74, 6) is 0.696. The van der Waals surface area contributed by atoms with Crippen LogP contribution in [-0.4, -0.2) is 9.97 Å². The third-order valence-corrected chi connectivity index (χ3v) is 1.83. The molecule has 0 unspecified atom stereocenters. The monoisotopic (exact) mass is 196 g/mol. The second-order valence-corrected chi connectivity index (χ2v) is 2.91. The van der Waals surface area contributed by atoms with Gasteiger partial charge in [0.1, 0.15) is 11.9 Å². The molecule has 2 aromatic heterocycles. The van der Waals surface area contributed by atoms with Gasteiger partial charge in [-0.25, -0.2) is 4.98 Å². The molecular formula is C11H8N4. The first-order valence-corrected chi connectivity index (χ1v) is 4.42. The third kappa shape index (κ3) is 2.29. The van der Waals surface area contributed by atoms with Crippen LogP contribution in [-0.2, 0) is 0 Å². The second kappa shape index (κ2) is 4.20. The SMILES string of the molecule is N#Cc1ccc(Nc2cccnc2)nc1. The lowest BCUT2D eigenvalue weighted by Crippen LogP contribution is -1.93. The van der Waals surface area contributed by atoms with Gasteiger partial charge in [0.05, 0.1) is 17.4 Å². The Morgan fingerprint density at radius 2 is 2.13 bits per heavy atom. The van der Waals surface area contributed by atoms with Crippen molar-refractivity contribution < 1.29 is 0 Å². The van der Waals surface area contributed by atoms with Gasteiger partial charge in [0.2, 0.25) is 0 Å². The molecule has 0 fully saturated rings. The van der Waals surface area contributed by atoms with Crippen molar-refractivity contribution >= 4 is 11.5 Å². The zero-order chi connectivity index (χ0) is 10.5. The van der Waals surface area contributed by atoms with Crippen LogP contribution in [0.25, 0.3) is 0 Å². The first-order chi connectivity index (χ1) is 7.38. The van der Waals surface area contributed by atoms with Crippen molar-refractivity contribution in [1.29, 1.82) is 5.26 Å². The number of nitrogens with one attached hydrogen (secondary N) is 1. The van der Waals surface area contributed by atoms with Gasteiger partial charge >= 0.3 is 0 Å². The Kier molecular flexibility index (Phi) is 2.56. The Morgan fingerprint density at radius 1 is 1.20 bits per heavy atom. The first-order valence-electron chi connectivity index (χ1n) is 4.42. The highest BCUT2D eigenvalue weighted by Crippen LogP contribution is 2.12. The molecular weight excluding hydrogens is 188 g/mol. The van der Waals surface area contributed by atoms with Crippen LogP contribution in [0.5, 0.6) is 0 Å². The van der Waals surface area contributed by atoms with Crippen molar-refractivity contribution in [3.05, 3.63) is 48.4 Å². The summed E-state index contributed by atoms with van der Waals surface area (Å²) in [7, 11) is 0. The number of aromatic nitrogens is 2. The molecule has 1 N–H and O–H groups in total. The summed E-state index contributed by atoms with van der Waals surface area (Å²) in [6.07, 6.45) is 4.94. The maximum Gasteiger partial charge on any atom is 0.130 e. The Balaban J connectivity index is 2.16. The Labute approximate surface area is 87.2 Å². The van der Waals surface area contributed by atoms with Crippen molar-refractivity contribution in [1.82, 2.24) is 9.97 Å². The first kappa shape index (κ1) is 9.16. The van der Waals surface area contributed by atoms with Gasteiger partial charge in [-0.3, -0.25) is 4.98 Å². The van der Waals surface area contributed by atoms with Gasteiger partial charge in [-0.2, -0.15) is 5.26 Å². The molecule has 2 heterocycles. The topological polar surface area (TPSA) is 61.6 Å². The third-order valence-electron chi connectivity index (χ3n) is 1.83. The molecule has 15 heavy (non-hydrogen) atoms. The number of anilines is 2. The lowest BCUT2D eigenvalue weighted by molar-refractivity contribution is 1.27. The van der Waals surface area contributed by atoms with Gasteiger partial charge in [-0.1, -0.05) is 0 Å². The fraction of sp³-hybridized carbons (Fsp3) is 0. The Hall–Kier alpha value is -2.41. The minimum Gasteiger partial charge on any atom is -0.339 e. The maximum absolute atomic E-state index is 8.60. The van der Waals surface area contributed by atoms with E-state index < -0.39 is 0 Å². The summed E-state index contributed by atoms with van der Waals surface area (Å²) in [5, 5.41) is 11.7. The average Bonchev–Trinajstić information content (AvgIpc) is 2.31. The van der Waals surface area contributed by atoms with E-state index in [-0.39, 0.29) is 0 Å². The minimum absolute atomic E-state index is 0.548. The van der Waals surface area contributed by atoms with Crippen molar-refractivity contribution in [2.45, 2.75) is 0 Å². The lowest BCUT2D eigenvalue weighted by Gasteiger charge is -2.03. The number of hydrogen-bond acceptors (Lipinski definition) is 4. The molecule has 0 amide bonds. The van der Waals surface area contributed by atoms with E-state index in [9.17, 15) is 0 Å². The number of hydrogen-bond donors (Lipinski definition) is 1. The van der Waals surface area contributed by atoms with Crippen molar-refractivity contribution in [2.24, 2.45) is 0 Å². The van der Waals surface area contributed by atoms with Crippen LogP contribution in [0.4, 0.5) is 11.5 Å². The lowest BCUT2D eigenvalue weighted by atomic mass is 10.3. The van der Waals surface area contributed by atoms with Crippen LogP contribution < -0.4 is 5.32 Å². The van der Waals surface area contributed by atoms with Crippen LogP contribution in [0, 0.1) is 11.3 Å². The molecule has 72 valence electrons. The molecule has 0 aromatic carbocycles. The standard InChI is InChI=1S/C11H8N4/c12-6-9-3-4-11(14-7-9)15-10-2-1-5-13-8-10/h1-5,7-8H,(H,14,15). The van der Waals surface area contributed by atoms with Gasteiger partial charge < -0.3 is 5.32 Å². The second-order valence-electron chi connectivity index (χ2n) is 2.91. The summed E-state index contributed by atoms with van der Waals surface area (Å²) in [4.78, 5) is 8.06. The largest absolute Gasteiger partial charge is 0.339 e. The van der Waals surface area contributed by atoms with E-state index in [0.717, 1.165) is 5.69 Å². The van der Waals surface area contributed by atoms with E-state index in [2.05, 4.69) is 15.3 Å². The van der Waals surface area contributed by atoms with E-state index in [1.54, 1.807) is 24.5 Å². The van der Waals surface area contributed by atoms with Crippen molar-refractivity contribution in [3.8, 4) is 6.07 Å². The fourth-order valence-corrected chi connectivity index (χ4v) is 1.12. The summed E-state index contributed by atoms with van der Waals surface area (Å²) in [5.41, 5.74) is 1.42. The van der Waals surface area contributed by atoms with Crippen LogP contribution in [0.2, 0.25) is 0 Å². The number of pyridine rings is 2. The molecule has 0 saturated heterocycles.